The van der Waals surface area contributed by atoms with Crippen molar-refractivity contribution in [2.45, 2.75) is 12.4 Å². The standard InChI is InChI=1S/C6H11N5O/c1-12-6-4(8)11-5(10-6)3(7)2-9-11/h2,4,6,10H,7-8H2,1H3/p+1. The van der Waals surface area contributed by atoms with Crippen LogP contribution in [0.15, 0.2) is 16.6 Å². The van der Waals surface area contributed by atoms with E-state index < -0.39 is 0 Å². The van der Waals surface area contributed by atoms with E-state index in [1.807, 2.05) is 0 Å². The van der Waals surface area contributed by atoms with Crippen molar-refractivity contribution in [1.82, 2.24) is 5.32 Å². The molecule has 0 bridgehead atoms. The summed E-state index contributed by atoms with van der Waals surface area (Å²) in [6, 6.07) is 0. The molecule has 0 aromatic rings. The van der Waals surface area contributed by atoms with E-state index in [9.17, 15) is 0 Å². The van der Waals surface area contributed by atoms with Gasteiger partial charge in [-0.05, 0) is 0 Å². The molecule has 0 aliphatic carbocycles. The molecule has 0 saturated carbocycles. The van der Waals surface area contributed by atoms with Crippen LogP contribution < -0.4 is 21.8 Å². The second kappa shape index (κ2) is 2.44. The number of hydrogen-bond donors (Lipinski definition) is 4. The van der Waals surface area contributed by atoms with Crippen molar-refractivity contribution >= 4 is 6.21 Å². The van der Waals surface area contributed by atoms with Gasteiger partial charge in [0.25, 0.3) is 5.82 Å². The predicted molar refractivity (Wildman–Crippen MR) is 42.6 cm³/mol. The van der Waals surface area contributed by atoms with Crippen LogP contribution in [0.3, 0.4) is 0 Å². The van der Waals surface area contributed by atoms with E-state index >= 15 is 0 Å². The van der Waals surface area contributed by atoms with Crippen LogP contribution in [0.4, 0.5) is 0 Å². The van der Waals surface area contributed by atoms with E-state index in [0.29, 0.717) is 5.70 Å². The quantitative estimate of drug-likeness (QED) is 0.335. The highest BCUT2D eigenvalue weighted by molar-refractivity contribution is 5.78. The fourth-order valence-corrected chi connectivity index (χ4v) is 1.41. The molecule has 0 amide bonds. The summed E-state index contributed by atoms with van der Waals surface area (Å²) >= 11 is 0. The van der Waals surface area contributed by atoms with Crippen molar-refractivity contribution in [3.05, 3.63) is 11.5 Å². The number of nitrogens with one attached hydrogen (secondary N) is 2. The van der Waals surface area contributed by atoms with Gasteiger partial charge in [-0.3, -0.25) is 5.73 Å². The predicted octanol–water partition coefficient (Wildman–Crippen LogP) is -3.14. The summed E-state index contributed by atoms with van der Waals surface area (Å²) < 4.78 is 5.09. The van der Waals surface area contributed by atoms with Crippen molar-refractivity contribution in [2.24, 2.45) is 16.6 Å². The van der Waals surface area contributed by atoms with E-state index in [-0.39, 0.29) is 12.4 Å². The maximum Gasteiger partial charge on any atom is 0.255 e. The van der Waals surface area contributed by atoms with Crippen molar-refractivity contribution in [1.29, 1.82) is 0 Å². The minimum atomic E-state index is -0.220. The smallest absolute Gasteiger partial charge is 0.255 e. The van der Waals surface area contributed by atoms with Crippen molar-refractivity contribution in [3.8, 4) is 0 Å². The van der Waals surface area contributed by atoms with Crippen molar-refractivity contribution in [2.75, 3.05) is 7.11 Å². The van der Waals surface area contributed by atoms with E-state index in [2.05, 4.69) is 10.4 Å². The maximum atomic E-state index is 5.81. The normalized spacial score (nSPS) is 38.7. The Morgan fingerprint density at radius 1 is 1.75 bits per heavy atom. The molecule has 12 heavy (non-hydrogen) atoms. The molecule has 3 atom stereocenters. The first kappa shape index (κ1) is 7.53. The zero-order chi connectivity index (χ0) is 8.72. The molecule has 6 N–H and O–H groups in total. The van der Waals surface area contributed by atoms with Crippen LogP contribution in [0.1, 0.15) is 0 Å². The number of quaternary nitrogens is 1. The van der Waals surface area contributed by atoms with Gasteiger partial charge in [0.1, 0.15) is 11.9 Å². The lowest BCUT2D eigenvalue weighted by Crippen LogP contribution is -3.09. The molecule has 0 aromatic carbocycles. The largest absolute Gasteiger partial charge is 0.391 e. The molecule has 2 aliphatic heterocycles. The Balaban J connectivity index is 2.25. The lowest BCUT2D eigenvalue weighted by molar-refractivity contribution is -0.884. The molecule has 1 fully saturated rings. The van der Waals surface area contributed by atoms with Crippen LogP contribution in [0, 0.1) is 0 Å². The number of rotatable bonds is 1. The van der Waals surface area contributed by atoms with Crippen molar-refractivity contribution in [3.63, 3.8) is 0 Å². The average Bonchev–Trinajstić information content (AvgIpc) is 2.55. The van der Waals surface area contributed by atoms with E-state index in [1.165, 1.54) is 0 Å². The molecule has 2 rings (SSSR count). The molecule has 0 radical (unpaired) electrons. The van der Waals surface area contributed by atoms with Gasteiger partial charge < -0.3 is 15.8 Å². The first-order chi connectivity index (χ1) is 5.74. The fourth-order valence-electron chi connectivity index (χ4n) is 1.41. The van der Waals surface area contributed by atoms with Crippen LogP contribution in [0.5, 0.6) is 0 Å². The second-order valence-corrected chi connectivity index (χ2v) is 2.80. The van der Waals surface area contributed by atoms with Gasteiger partial charge in [-0.15, -0.1) is 5.01 Å². The number of fused-ring (bicyclic) bond motifs is 1. The zero-order valence-corrected chi connectivity index (χ0v) is 6.74. The van der Waals surface area contributed by atoms with Gasteiger partial charge in [-0.25, -0.2) is 0 Å². The molecule has 2 heterocycles. The molecule has 66 valence electrons. The highest BCUT2D eigenvalue weighted by Gasteiger charge is 2.44. The van der Waals surface area contributed by atoms with Crippen LogP contribution >= 0.6 is 0 Å². The van der Waals surface area contributed by atoms with Gasteiger partial charge in [-0.2, -0.15) is 0 Å². The van der Waals surface area contributed by atoms with E-state index in [0.717, 1.165) is 10.8 Å². The van der Waals surface area contributed by atoms with Crippen molar-refractivity contribution < 1.29 is 9.75 Å². The Morgan fingerprint density at radius 3 is 3.08 bits per heavy atom. The molecule has 0 spiro atoms. The van der Waals surface area contributed by atoms with Crippen LogP contribution in [-0.2, 0) is 4.74 Å². The lowest BCUT2D eigenvalue weighted by atomic mass is 10.5. The number of allylic oxidation sites excluding steroid dienone is 1. The topological polar surface area (TPSA) is 90.1 Å². The van der Waals surface area contributed by atoms with Gasteiger partial charge in [-0.1, -0.05) is 5.10 Å². The Kier molecular flexibility index (Phi) is 1.53. The molecule has 2 aliphatic rings. The summed E-state index contributed by atoms with van der Waals surface area (Å²) in [5, 5.41) is 7.92. The monoisotopic (exact) mass is 170 g/mol. The number of methoxy groups -OCH3 is 1. The summed E-state index contributed by atoms with van der Waals surface area (Å²) in [7, 11) is 1.60. The summed E-state index contributed by atoms with van der Waals surface area (Å²) in [5.74, 6) is 0.814. The number of nitrogens with two attached hydrogens (primary N) is 2. The Bertz CT molecular complexity index is 261. The highest BCUT2D eigenvalue weighted by atomic mass is 16.5. The molecule has 1 saturated heterocycles. The summed E-state index contributed by atoms with van der Waals surface area (Å²) in [6.07, 6.45) is 1.18. The minimum Gasteiger partial charge on any atom is -0.391 e. The maximum absolute atomic E-state index is 5.81. The minimum absolute atomic E-state index is 0.203. The lowest BCUT2D eigenvalue weighted by Gasteiger charge is -2.10. The Hall–Kier alpha value is -1.11. The third kappa shape index (κ3) is 0.826. The first-order valence-corrected chi connectivity index (χ1v) is 3.70. The van der Waals surface area contributed by atoms with Gasteiger partial charge in [0, 0.05) is 7.11 Å². The van der Waals surface area contributed by atoms with Gasteiger partial charge in [0.05, 0.1) is 0 Å². The SMILES string of the molecule is COC1NC2=C(N)C=N[NH+]2C1N. The summed E-state index contributed by atoms with van der Waals surface area (Å²) in [5.41, 5.74) is 12.1. The highest BCUT2D eigenvalue weighted by Crippen LogP contribution is 2.02. The number of nitrogens with zero attached hydrogens (tertiary/aromatic N) is 1. The average molecular weight is 170 g/mol. The zero-order valence-electron chi connectivity index (χ0n) is 6.74. The summed E-state index contributed by atoms with van der Waals surface area (Å²) in [4.78, 5) is 0. The fraction of sp³-hybridized carbons (Fsp3) is 0.500. The number of ether oxygens (including phenoxy) is 1. The van der Waals surface area contributed by atoms with E-state index in [1.54, 1.807) is 13.3 Å². The van der Waals surface area contributed by atoms with Gasteiger partial charge in [0.2, 0.25) is 12.4 Å². The molecular weight excluding hydrogens is 158 g/mol. The number of hydrogen-bond acceptors (Lipinski definition) is 5. The third-order valence-corrected chi connectivity index (χ3v) is 2.07. The van der Waals surface area contributed by atoms with Gasteiger partial charge in [0.15, 0.2) is 0 Å². The molecule has 3 unspecified atom stereocenters. The second-order valence-electron chi connectivity index (χ2n) is 2.80. The summed E-state index contributed by atoms with van der Waals surface area (Å²) in [6.45, 7) is 0. The Labute approximate surface area is 69.8 Å². The Morgan fingerprint density at radius 2 is 2.50 bits per heavy atom. The van der Waals surface area contributed by atoms with E-state index in [4.69, 9.17) is 16.2 Å². The molecule has 6 nitrogen and oxygen atoms in total. The molecular formula is C6H12N5O+. The van der Waals surface area contributed by atoms with Gasteiger partial charge >= 0.3 is 0 Å². The van der Waals surface area contributed by atoms with Crippen LogP contribution in [0.25, 0.3) is 0 Å². The third-order valence-electron chi connectivity index (χ3n) is 2.07. The molecule has 6 heteroatoms. The molecule has 0 aromatic heterocycles. The first-order valence-electron chi connectivity index (χ1n) is 3.70. The van der Waals surface area contributed by atoms with Crippen LogP contribution in [0.2, 0.25) is 0 Å². The van der Waals surface area contributed by atoms with Crippen LogP contribution in [-0.4, -0.2) is 25.7 Å².